The van der Waals surface area contributed by atoms with Gasteiger partial charge in [0.15, 0.2) is 0 Å². The number of carbonyl (C=O) groups excluding carboxylic acids is 2. The van der Waals surface area contributed by atoms with Crippen molar-refractivity contribution in [2.24, 2.45) is 0 Å². The second-order valence-corrected chi connectivity index (χ2v) is 6.46. The molecule has 2 aromatic rings. The van der Waals surface area contributed by atoms with E-state index in [2.05, 4.69) is 15.0 Å². The summed E-state index contributed by atoms with van der Waals surface area (Å²) < 4.78 is 44.8. The van der Waals surface area contributed by atoms with Crippen LogP contribution in [0.4, 0.5) is 18.0 Å². The van der Waals surface area contributed by atoms with Crippen LogP contribution in [0.25, 0.3) is 0 Å². The van der Waals surface area contributed by atoms with Gasteiger partial charge in [-0.1, -0.05) is 0 Å². The number of alkyl halides is 3. The highest BCUT2D eigenvalue weighted by Gasteiger charge is 2.38. The van der Waals surface area contributed by atoms with E-state index < -0.39 is 41.4 Å². The van der Waals surface area contributed by atoms with Gasteiger partial charge >= 0.3 is 12.3 Å². The highest BCUT2D eigenvalue weighted by molar-refractivity contribution is 6.03. The third kappa shape index (κ3) is 5.47. The van der Waals surface area contributed by atoms with Crippen molar-refractivity contribution in [2.75, 3.05) is 0 Å². The van der Waals surface area contributed by atoms with Crippen LogP contribution in [0.3, 0.4) is 0 Å². The summed E-state index contributed by atoms with van der Waals surface area (Å²) in [4.78, 5) is 37.1. The molecule has 2 heterocycles. The van der Waals surface area contributed by atoms with Crippen LogP contribution < -0.4 is 0 Å². The first kappa shape index (κ1) is 20.3. The maximum Gasteiger partial charge on any atom is 0.417 e. The summed E-state index contributed by atoms with van der Waals surface area (Å²) in [5, 5.41) is 0. The zero-order chi connectivity index (χ0) is 20.2. The molecule has 2 rings (SSSR count). The number of hydrogen-bond acceptors (Lipinski definition) is 6. The zero-order valence-electron chi connectivity index (χ0n) is 14.8. The molecule has 0 saturated heterocycles. The Kier molecular flexibility index (Phi) is 5.77. The molecule has 2 amide bonds. The Morgan fingerprint density at radius 2 is 1.74 bits per heavy atom. The summed E-state index contributed by atoms with van der Waals surface area (Å²) in [7, 11) is 0. The quantitative estimate of drug-likeness (QED) is 0.808. The predicted octanol–water partition coefficient (Wildman–Crippen LogP) is 3.47. The summed E-state index contributed by atoms with van der Waals surface area (Å²) in [5.74, 6) is -1.15. The van der Waals surface area contributed by atoms with Crippen LogP contribution in [0.5, 0.6) is 0 Å². The lowest BCUT2D eigenvalue weighted by molar-refractivity contribution is -0.138. The van der Waals surface area contributed by atoms with Gasteiger partial charge in [0.25, 0.3) is 5.91 Å². The number of halogens is 3. The molecule has 144 valence electrons. The Morgan fingerprint density at radius 1 is 1.11 bits per heavy atom. The van der Waals surface area contributed by atoms with E-state index in [1.165, 1.54) is 18.5 Å². The molecule has 2 aromatic heterocycles. The molecule has 27 heavy (non-hydrogen) atoms. The third-order valence-electron chi connectivity index (χ3n) is 3.13. The van der Waals surface area contributed by atoms with Gasteiger partial charge < -0.3 is 4.74 Å². The molecule has 0 N–H and O–H groups in total. The molecule has 0 radical (unpaired) electrons. The maximum absolute atomic E-state index is 13.2. The number of rotatable bonds is 3. The first-order valence-electron chi connectivity index (χ1n) is 7.81. The molecule has 0 fully saturated rings. The minimum atomic E-state index is -4.79. The molecule has 10 heteroatoms. The fourth-order valence-corrected chi connectivity index (χ4v) is 2.05. The van der Waals surface area contributed by atoms with Crippen LogP contribution in [-0.2, 0) is 17.5 Å². The fraction of sp³-hybridized carbons (Fsp3) is 0.353. The molecular weight excluding hydrogens is 365 g/mol. The average molecular weight is 382 g/mol. The number of pyridine rings is 1. The molecule has 7 nitrogen and oxygen atoms in total. The molecule has 0 aromatic carbocycles. The minimum Gasteiger partial charge on any atom is -0.443 e. The van der Waals surface area contributed by atoms with Gasteiger partial charge in [-0.05, 0) is 32.9 Å². The summed E-state index contributed by atoms with van der Waals surface area (Å²) >= 11 is 0. The smallest absolute Gasteiger partial charge is 0.417 e. The molecule has 0 spiro atoms. The van der Waals surface area contributed by atoms with Crippen LogP contribution in [0.1, 0.15) is 42.5 Å². The van der Waals surface area contributed by atoms with E-state index in [0.717, 1.165) is 12.4 Å². The van der Waals surface area contributed by atoms with Crippen LogP contribution in [-0.4, -0.2) is 37.5 Å². The Labute approximate surface area is 153 Å². The van der Waals surface area contributed by atoms with Gasteiger partial charge in [-0.25, -0.2) is 19.7 Å². The van der Waals surface area contributed by atoms with Crippen molar-refractivity contribution in [3.8, 4) is 0 Å². The van der Waals surface area contributed by atoms with E-state index in [9.17, 15) is 22.8 Å². The van der Waals surface area contributed by atoms with Gasteiger partial charge in [0.1, 0.15) is 11.4 Å². The van der Waals surface area contributed by atoms with E-state index in [4.69, 9.17) is 4.74 Å². The van der Waals surface area contributed by atoms with Crippen molar-refractivity contribution >= 4 is 12.0 Å². The van der Waals surface area contributed by atoms with Crippen LogP contribution in [0.2, 0.25) is 0 Å². The molecule has 0 bridgehead atoms. The Hall–Kier alpha value is -3.04. The number of imide groups is 1. The lowest BCUT2D eigenvalue weighted by Gasteiger charge is -2.26. The number of amides is 2. The van der Waals surface area contributed by atoms with E-state index in [0.29, 0.717) is 11.0 Å². The number of aromatic nitrogens is 3. The summed E-state index contributed by atoms with van der Waals surface area (Å²) in [6.07, 6.45) is -1.48. The van der Waals surface area contributed by atoms with Gasteiger partial charge in [-0.3, -0.25) is 9.78 Å². The fourth-order valence-electron chi connectivity index (χ4n) is 2.05. The highest BCUT2D eigenvalue weighted by Crippen LogP contribution is 2.32. The number of hydrogen-bond donors (Lipinski definition) is 0. The molecule has 0 aliphatic heterocycles. The summed E-state index contributed by atoms with van der Waals surface area (Å²) in [5.41, 5.74) is -2.94. The highest BCUT2D eigenvalue weighted by atomic mass is 19.4. The maximum atomic E-state index is 13.2. The third-order valence-corrected chi connectivity index (χ3v) is 3.13. The van der Waals surface area contributed by atoms with Crippen molar-refractivity contribution in [2.45, 2.75) is 39.1 Å². The molecule has 0 saturated carbocycles. The lowest BCUT2D eigenvalue weighted by atomic mass is 10.1. The van der Waals surface area contributed by atoms with Crippen molar-refractivity contribution in [1.82, 2.24) is 19.9 Å². The SMILES string of the molecule is CC(C)(C)OC(=O)N(Cc1ncccn1)C(=O)c1cnccc1C(F)(F)F. The molecule has 0 aliphatic rings. The number of carbonyl (C=O) groups is 2. The van der Waals surface area contributed by atoms with Crippen molar-refractivity contribution in [3.05, 3.63) is 53.9 Å². The largest absolute Gasteiger partial charge is 0.443 e. The van der Waals surface area contributed by atoms with Crippen molar-refractivity contribution < 1.29 is 27.5 Å². The van der Waals surface area contributed by atoms with Gasteiger partial charge in [0.05, 0.1) is 17.7 Å². The predicted molar refractivity (Wildman–Crippen MR) is 87.4 cm³/mol. The van der Waals surface area contributed by atoms with Crippen LogP contribution >= 0.6 is 0 Å². The Balaban J connectivity index is 2.44. The lowest BCUT2D eigenvalue weighted by Crippen LogP contribution is -2.41. The molecule has 0 atom stereocenters. The summed E-state index contributed by atoms with van der Waals surface area (Å²) in [6, 6.07) is 2.19. The molecular formula is C17H17F3N4O3. The van der Waals surface area contributed by atoms with E-state index in [-0.39, 0.29) is 5.82 Å². The Bertz CT molecular complexity index is 820. The normalized spacial score (nSPS) is 11.8. The Morgan fingerprint density at radius 3 is 2.30 bits per heavy atom. The van der Waals surface area contributed by atoms with Crippen LogP contribution in [0.15, 0.2) is 36.9 Å². The monoisotopic (exact) mass is 382 g/mol. The van der Waals surface area contributed by atoms with Gasteiger partial charge in [-0.15, -0.1) is 0 Å². The first-order valence-corrected chi connectivity index (χ1v) is 7.81. The van der Waals surface area contributed by atoms with E-state index >= 15 is 0 Å². The average Bonchev–Trinajstić information content (AvgIpc) is 2.57. The number of nitrogens with zero attached hydrogens (tertiary/aromatic N) is 4. The van der Waals surface area contributed by atoms with E-state index in [1.807, 2.05) is 0 Å². The van der Waals surface area contributed by atoms with Gasteiger partial charge in [-0.2, -0.15) is 13.2 Å². The van der Waals surface area contributed by atoms with Gasteiger partial charge in [0, 0.05) is 24.8 Å². The van der Waals surface area contributed by atoms with Crippen molar-refractivity contribution in [1.29, 1.82) is 0 Å². The molecule has 0 aliphatic carbocycles. The standard InChI is InChI=1S/C17H17F3N4O3/c1-16(2,3)27-15(26)24(10-13-22-6-4-7-23-13)14(25)11-9-21-8-5-12(11)17(18,19)20/h4-9H,10H2,1-3H3. The second-order valence-electron chi connectivity index (χ2n) is 6.46. The first-order chi connectivity index (χ1) is 12.5. The van der Waals surface area contributed by atoms with E-state index in [1.54, 1.807) is 20.8 Å². The minimum absolute atomic E-state index is 0.0640. The summed E-state index contributed by atoms with van der Waals surface area (Å²) in [6.45, 7) is 4.24. The van der Waals surface area contributed by atoms with Crippen molar-refractivity contribution in [3.63, 3.8) is 0 Å². The zero-order valence-corrected chi connectivity index (χ0v) is 14.8. The molecule has 0 unspecified atom stereocenters. The topological polar surface area (TPSA) is 85.3 Å². The second kappa shape index (κ2) is 7.68. The number of ether oxygens (including phenoxy) is 1. The van der Waals surface area contributed by atoms with Gasteiger partial charge in [0.2, 0.25) is 0 Å². The van der Waals surface area contributed by atoms with Crippen LogP contribution in [0, 0.1) is 0 Å².